The topological polar surface area (TPSA) is 49.4 Å². The Bertz CT molecular complexity index is 493. The summed E-state index contributed by atoms with van der Waals surface area (Å²) < 4.78 is 0. The maximum absolute atomic E-state index is 12.1. The number of carbonyl (C=O) groups excluding carboxylic acids is 2. The van der Waals surface area contributed by atoms with Crippen molar-refractivity contribution >= 4 is 40.8 Å². The summed E-state index contributed by atoms with van der Waals surface area (Å²) in [6.45, 7) is 3.92. The van der Waals surface area contributed by atoms with Crippen LogP contribution < -0.4 is 10.2 Å². The fourth-order valence-corrected chi connectivity index (χ4v) is 2.51. The van der Waals surface area contributed by atoms with Gasteiger partial charge in [0.2, 0.25) is 5.91 Å². The molecule has 1 unspecified atom stereocenters. The van der Waals surface area contributed by atoms with Crippen molar-refractivity contribution in [3.05, 3.63) is 28.2 Å². The van der Waals surface area contributed by atoms with Crippen LogP contribution in [0.2, 0.25) is 10.0 Å². The van der Waals surface area contributed by atoms with Crippen molar-refractivity contribution in [2.24, 2.45) is 5.92 Å². The second-order valence-corrected chi connectivity index (χ2v) is 5.73. The van der Waals surface area contributed by atoms with E-state index in [0.29, 0.717) is 15.7 Å². The molecule has 0 aliphatic carbocycles. The maximum atomic E-state index is 12.1. The molecule has 1 aromatic rings. The van der Waals surface area contributed by atoms with Crippen LogP contribution in [0.1, 0.15) is 20.3 Å². The van der Waals surface area contributed by atoms with Crippen LogP contribution in [0.25, 0.3) is 0 Å². The lowest BCUT2D eigenvalue weighted by Gasteiger charge is -2.33. The number of halogens is 2. The van der Waals surface area contributed by atoms with E-state index in [1.807, 2.05) is 13.8 Å². The zero-order valence-corrected chi connectivity index (χ0v) is 12.1. The van der Waals surface area contributed by atoms with Gasteiger partial charge in [0.05, 0.1) is 5.69 Å². The number of carbonyl (C=O) groups is 2. The van der Waals surface area contributed by atoms with Gasteiger partial charge in [-0.3, -0.25) is 4.79 Å². The van der Waals surface area contributed by atoms with Crippen LogP contribution in [0, 0.1) is 5.92 Å². The number of nitrogens with one attached hydrogen (secondary N) is 1. The summed E-state index contributed by atoms with van der Waals surface area (Å²) in [5, 5.41) is 3.58. The third-order valence-corrected chi connectivity index (χ3v) is 3.50. The van der Waals surface area contributed by atoms with Crippen LogP contribution in [-0.2, 0) is 4.79 Å². The Kier molecular flexibility index (Phi) is 4.02. The number of amides is 3. The minimum Gasteiger partial charge on any atom is -0.334 e. The lowest BCUT2D eigenvalue weighted by atomic mass is 9.98. The van der Waals surface area contributed by atoms with Crippen molar-refractivity contribution in [3.8, 4) is 0 Å². The van der Waals surface area contributed by atoms with E-state index in [9.17, 15) is 9.59 Å². The predicted octanol–water partition coefficient (Wildman–Crippen LogP) is 3.46. The molecule has 0 saturated carbocycles. The summed E-state index contributed by atoms with van der Waals surface area (Å²) in [4.78, 5) is 25.3. The molecule has 102 valence electrons. The standard InChI is InChI=1S/C13H14Cl2N2O2/c1-7(2)11-6-12(18)17(13(19)16-11)10-4-8(14)3-9(15)5-10/h3-5,7,11H,6H2,1-2H3,(H,16,19). The third-order valence-electron chi connectivity index (χ3n) is 3.07. The zero-order chi connectivity index (χ0) is 14.2. The summed E-state index contributed by atoms with van der Waals surface area (Å²) in [6, 6.07) is 4.07. The first-order chi connectivity index (χ1) is 8.88. The van der Waals surface area contributed by atoms with Gasteiger partial charge in [-0.25, -0.2) is 9.69 Å². The normalized spacial score (nSPS) is 19.8. The first kappa shape index (κ1) is 14.2. The van der Waals surface area contributed by atoms with Crippen LogP contribution in [0.3, 0.4) is 0 Å². The number of anilines is 1. The number of imide groups is 1. The molecule has 0 spiro atoms. The Balaban J connectivity index is 2.30. The Morgan fingerprint density at radius 2 is 1.79 bits per heavy atom. The maximum Gasteiger partial charge on any atom is 0.328 e. The molecule has 0 bridgehead atoms. The molecule has 2 rings (SSSR count). The van der Waals surface area contributed by atoms with Gasteiger partial charge in [-0.15, -0.1) is 0 Å². The molecule has 4 nitrogen and oxygen atoms in total. The molecule has 1 aromatic carbocycles. The highest BCUT2D eigenvalue weighted by Crippen LogP contribution is 2.28. The van der Waals surface area contributed by atoms with E-state index in [4.69, 9.17) is 23.2 Å². The van der Waals surface area contributed by atoms with E-state index in [2.05, 4.69) is 5.32 Å². The predicted molar refractivity (Wildman–Crippen MR) is 75.7 cm³/mol. The second-order valence-electron chi connectivity index (χ2n) is 4.86. The molecule has 1 heterocycles. The highest BCUT2D eigenvalue weighted by molar-refractivity contribution is 6.35. The van der Waals surface area contributed by atoms with Crippen molar-refractivity contribution in [1.29, 1.82) is 0 Å². The van der Waals surface area contributed by atoms with E-state index in [-0.39, 0.29) is 24.3 Å². The monoisotopic (exact) mass is 300 g/mol. The molecule has 1 atom stereocenters. The molecule has 1 aliphatic heterocycles. The largest absolute Gasteiger partial charge is 0.334 e. The first-order valence-corrected chi connectivity index (χ1v) is 6.73. The van der Waals surface area contributed by atoms with Gasteiger partial charge in [0.15, 0.2) is 0 Å². The Labute approximate surface area is 121 Å². The molecule has 1 N–H and O–H groups in total. The fourth-order valence-electron chi connectivity index (χ4n) is 2.00. The molecule has 6 heteroatoms. The SMILES string of the molecule is CC(C)C1CC(=O)N(c2cc(Cl)cc(Cl)c2)C(=O)N1. The number of rotatable bonds is 2. The minimum atomic E-state index is -0.437. The van der Waals surface area contributed by atoms with Gasteiger partial charge >= 0.3 is 6.03 Å². The first-order valence-electron chi connectivity index (χ1n) is 5.98. The van der Waals surface area contributed by atoms with E-state index in [1.165, 1.54) is 0 Å². The highest BCUT2D eigenvalue weighted by Gasteiger charge is 2.34. The van der Waals surface area contributed by atoms with E-state index in [1.54, 1.807) is 18.2 Å². The van der Waals surface area contributed by atoms with Crippen molar-refractivity contribution < 1.29 is 9.59 Å². The minimum absolute atomic E-state index is 0.133. The van der Waals surface area contributed by atoms with Gasteiger partial charge in [0.1, 0.15) is 0 Å². The lowest BCUT2D eigenvalue weighted by molar-refractivity contribution is -0.119. The van der Waals surface area contributed by atoms with Gasteiger partial charge < -0.3 is 5.32 Å². The second kappa shape index (κ2) is 5.39. The van der Waals surface area contributed by atoms with Gasteiger partial charge in [-0.2, -0.15) is 0 Å². The molecule has 19 heavy (non-hydrogen) atoms. The van der Waals surface area contributed by atoms with Crippen molar-refractivity contribution in [3.63, 3.8) is 0 Å². The van der Waals surface area contributed by atoms with Gasteiger partial charge in [-0.05, 0) is 24.1 Å². The molecular formula is C13H14Cl2N2O2. The fraction of sp³-hybridized carbons (Fsp3) is 0.385. The average Bonchev–Trinajstić information content (AvgIpc) is 2.26. The van der Waals surface area contributed by atoms with Crippen LogP contribution in [0.5, 0.6) is 0 Å². The number of nitrogens with zero attached hydrogens (tertiary/aromatic N) is 1. The third kappa shape index (κ3) is 3.01. The average molecular weight is 301 g/mol. The molecule has 1 fully saturated rings. The Hall–Kier alpha value is -1.26. The van der Waals surface area contributed by atoms with Gasteiger partial charge in [-0.1, -0.05) is 37.0 Å². The number of hydrogen-bond acceptors (Lipinski definition) is 2. The van der Waals surface area contributed by atoms with Gasteiger partial charge in [0.25, 0.3) is 0 Å². The number of benzene rings is 1. The molecular weight excluding hydrogens is 287 g/mol. The smallest absolute Gasteiger partial charge is 0.328 e. The summed E-state index contributed by atoms with van der Waals surface area (Å²) in [5.74, 6) is -0.0428. The summed E-state index contributed by atoms with van der Waals surface area (Å²) in [7, 11) is 0. The van der Waals surface area contributed by atoms with E-state index < -0.39 is 6.03 Å². The summed E-state index contributed by atoms with van der Waals surface area (Å²) in [6.07, 6.45) is 0.271. The molecule has 3 amide bonds. The van der Waals surface area contributed by atoms with Crippen molar-refractivity contribution in [1.82, 2.24) is 5.32 Å². The molecule has 1 saturated heterocycles. The zero-order valence-electron chi connectivity index (χ0n) is 10.6. The number of hydrogen-bond donors (Lipinski definition) is 1. The van der Waals surface area contributed by atoms with Crippen LogP contribution in [0.15, 0.2) is 18.2 Å². The van der Waals surface area contributed by atoms with Crippen LogP contribution in [0.4, 0.5) is 10.5 Å². The Morgan fingerprint density at radius 1 is 1.21 bits per heavy atom. The van der Waals surface area contributed by atoms with Crippen molar-refractivity contribution in [2.45, 2.75) is 26.3 Å². The summed E-state index contributed by atoms with van der Waals surface area (Å²) in [5.41, 5.74) is 0.391. The van der Waals surface area contributed by atoms with E-state index in [0.717, 1.165) is 4.90 Å². The number of urea groups is 1. The lowest BCUT2D eigenvalue weighted by Crippen LogP contribution is -2.56. The van der Waals surface area contributed by atoms with Gasteiger partial charge in [0, 0.05) is 22.5 Å². The van der Waals surface area contributed by atoms with E-state index >= 15 is 0 Å². The molecule has 1 aliphatic rings. The molecule has 0 radical (unpaired) electrons. The van der Waals surface area contributed by atoms with Crippen LogP contribution in [-0.4, -0.2) is 18.0 Å². The van der Waals surface area contributed by atoms with Crippen molar-refractivity contribution in [2.75, 3.05) is 4.90 Å². The molecule has 0 aromatic heterocycles. The van der Waals surface area contributed by atoms with Crippen LogP contribution >= 0.6 is 23.2 Å². The summed E-state index contributed by atoms with van der Waals surface area (Å²) >= 11 is 11.8. The Morgan fingerprint density at radius 3 is 2.26 bits per heavy atom. The highest BCUT2D eigenvalue weighted by atomic mass is 35.5. The quantitative estimate of drug-likeness (QED) is 0.909.